The molecule has 0 radical (unpaired) electrons. The molecule has 0 unspecified atom stereocenters. The van der Waals surface area contributed by atoms with Gasteiger partial charge in [-0.1, -0.05) is 18.2 Å². The topological polar surface area (TPSA) is 93.2 Å². The number of nitriles is 1. The number of aldehydes is 1. The fraction of sp³-hybridized carbons (Fsp3) is 0.0667. The van der Waals surface area contributed by atoms with E-state index in [1.165, 1.54) is 12.1 Å². The molecule has 0 saturated carbocycles. The van der Waals surface area contributed by atoms with Crippen molar-refractivity contribution in [3.8, 4) is 11.8 Å². The molecule has 0 bridgehead atoms. The first kappa shape index (κ1) is 14.2. The van der Waals surface area contributed by atoms with E-state index in [1.54, 1.807) is 24.3 Å². The molecular weight excluding hydrogens is 272 g/mol. The molecule has 0 aliphatic rings. The van der Waals surface area contributed by atoms with Gasteiger partial charge in [-0.15, -0.1) is 0 Å². The minimum atomic E-state index is -0.613. The van der Waals surface area contributed by atoms with Crippen LogP contribution in [-0.4, -0.2) is 11.2 Å². The molecule has 0 heterocycles. The number of nitro benzene ring substituents is 1. The third kappa shape index (κ3) is 3.22. The first-order valence-electron chi connectivity index (χ1n) is 6.00. The van der Waals surface area contributed by atoms with E-state index in [-0.39, 0.29) is 23.6 Å². The van der Waals surface area contributed by atoms with Gasteiger partial charge >= 0.3 is 5.69 Å². The van der Waals surface area contributed by atoms with Crippen LogP contribution in [0.3, 0.4) is 0 Å². The van der Waals surface area contributed by atoms with E-state index in [9.17, 15) is 14.9 Å². The molecule has 2 rings (SSSR count). The summed E-state index contributed by atoms with van der Waals surface area (Å²) in [6.45, 7) is 0.0327. The van der Waals surface area contributed by atoms with E-state index in [0.29, 0.717) is 17.4 Å². The van der Waals surface area contributed by atoms with Gasteiger partial charge in [-0.2, -0.15) is 5.26 Å². The van der Waals surface area contributed by atoms with Crippen molar-refractivity contribution in [3.63, 3.8) is 0 Å². The maximum absolute atomic E-state index is 11.0. The van der Waals surface area contributed by atoms with Crippen molar-refractivity contribution >= 4 is 12.0 Å². The van der Waals surface area contributed by atoms with Crippen LogP contribution in [0.15, 0.2) is 42.5 Å². The molecule has 0 aromatic heterocycles. The number of nitro groups is 1. The lowest BCUT2D eigenvalue weighted by molar-refractivity contribution is -0.386. The van der Waals surface area contributed by atoms with Crippen LogP contribution >= 0.6 is 0 Å². The maximum Gasteiger partial charge on any atom is 0.311 e. The van der Waals surface area contributed by atoms with E-state index in [4.69, 9.17) is 10.00 Å². The van der Waals surface area contributed by atoms with E-state index >= 15 is 0 Å². The number of carbonyl (C=O) groups excluding carboxylic acids is 1. The van der Waals surface area contributed by atoms with Crippen molar-refractivity contribution < 1.29 is 14.5 Å². The van der Waals surface area contributed by atoms with Gasteiger partial charge in [-0.3, -0.25) is 14.9 Å². The van der Waals surface area contributed by atoms with E-state index in [2.05, 4.69) is 0 Å². The minimum absolute atomic E-state index is 0.0327. The SMILES string of the molecule is N#Cc1ccccc1COc1ccc(C=O)cc1[N+](=O)[O-]. The van der Waals surface area contributed by atoms with Gasteiger partial charge in [0.2, 0.25) is 0 Å². The van der Waals surface area contributed by atoms with Gasteiger partial charge in [0.25, 0.3) is 0 Å². The predicted octanol–water partition coefficient (Wildman–Crippen LogP) is 2.86. The molecule has 0 saturated heterocycles. The quantitative estimate of drug-likeness (QED) is 0.477. The van der Waals surface area contributed by atoms with Crippen molar-refractivity contribution in [2.75, 3.05) is 0 Å². The Morgan fingerprint density at radius 3 is 2.71 bits per heavy atom. The number of carbonyl (C=O) groups is 1. The molecule has 2 aromatic carbocycles. The van der Waals surface area contributed by atoms with Crippen LogP contribution in [0.25, 0.3) is 0 Å². The summed E-state index contributed by atoms with van der Waals surface area (Å²) in [5.41, 5.74) is 0.999. The van der Waals surface area contributed by atoms with Crippen molar-refractivity contribution in [2.24, 2.45) is 0 Å². The fourth-order valence-corrected chi connectivity index (χ4v) is 1.78. The van der Waals surface area contributed by atoms with Crippen LogP contribution in [0.1, 0.15) is 21.5 Å². The van der Waals surface area contributed by atoms with Crippen molar-refractivity contribution in [3.05, 3.63) is 69.3 Å². The third-order valence-corrected chi connectivity index (χ3v) is 2.84. The number of hydrogen-bond acceptors (Lipinski definition) is 5. The molecule has 0 amide bonds. The Balaban J connectivity index is 2.26. The number of nitrogens with zero attached hydrogens (tertiary/aromatic N) is 2. The van der Waals surface area contributed by atoms with Gasteiger partial charge in [-0.05, 0) is 18.2 Å². The minimum Gasteiger partial charge on any atom is -0.482 e. The average molecular weight is 282 g/mol. The normalized spacial score (nSPS) is 9.67. The van der Waals surface area contributed by atoms with Gasteiger partial charge in [0.1, 0.15) is 12.9 Å². The molecule has 0 spiro atoms. The molecule has 0 atom stereocenters. The maximum atomic E-state index is 11.0. The van der Waals surface area contributed by atoms with Gasteiger partial charge in [-0.25, -0.2) is 0 Å². The molecule has 6 heteroatoms. The Bertz CT molecular complexity index is 735. The van der Waals surface area contributed by atoms with Crippen LogP contribution in [0.4, 0.5) is 5.69 Å². The summed E-state index contributed by atoms with van der Waals surface area (Å²) in [6, 6.07) is 12.8. The van der Waals surface area contributed by atoms with Crippen LogP contribution in [0.5, 0.6) is 5.75 Å². The lowest BCUT2D eigenvalue weighted by Gasteiger charge is -2.08. The number of hydrogen-bond donors (Lipinski definition) is 0. The predicted molar refractivity (Wildman–Crippen MR) is 74.0 cm³/mol. The summed E-state index contributed by atoms with van der Waals surface area (Å²) < 4.78 is 5.42. The smallest absolute Gasteiger partial charge is 0.311 e. The van der Waals surface area contributed by atoms with E-state index in [1.807, 2.05) is 6.07 Å². The van der Waals surface area contributed by atoms with Crippen molar-refractivity contribution in [1.82, 2.24) is 0 Å². The highest BCUT2D eigenvalue weighted by Gasteiger charge is 2.16. The highest BCUT2D eigenvalue weighted by Crippen LogP contribution is 2.28. The lowest BCUT2D eigenvalue weighted by atomic mass is 10.1. The standard InChI is InChI=1S/C15H10N2O4/c16-8-12-3-1-2-4-13(12)10-21-15-6-5-11(9-18)7-14(15)17(19)20/h1-7,9H,10H2. The highest BCUT2D eigenvalue weighted by atomic mass is 16.6. The van der Waals surface area contributed by atoms with Gasteiger partial charge < -0.3 is 4.74 Å². The molecule has 21 heavy (non-hydrogen) atoms. The monoisotopic (exact) mass is 282 g/mol. The summed E-state index contributed by atoms with van der Waals surface area (Å²) in [5, 5.41) is 20.0. The molecule has 104 valence electrons. The first-order valence-corrected chi connectivity index (χ1v) is 6.00. The Morgan fingerprint density at radius 1 is 1.29 bits per heavy atom. The number of ether oxygens (including phenoxy) is 1. The summed E-state index contributed by atoms with van der Waals surface area (Å²) in [5.74, 6) is 0.0540. The van der Waals surface area contributed by atoms with Crippen LogP contribution in [0, 0.1) is 21.4 Å². The second-order valence-electron chi connectivity index (χ2n) is 4.16. The molecule has 0 N–H and O–H groups in total. The first-order chi connectivity index (χ1) is 10.2. The molecular formula is C15H10N2O4. The van der Waals surface area contributed by atoms with Crippen LogP contribution in [-0.2, 0) is 6.61 Å². The van der Waals surface area contributed by atoms with Crippen molar-refractivity contribution in [2.45, 2.75) is 6.61 Å². The highest BCUT2D eigenvalue weighted by molar-refractivity contribution is 5.77. The Morgan fingerprint density at radius 2 is 2.05 bits per heavy atom. The Kier molecular flexibility index (Phi) is 4.26. The fourth-order valence-electron chi connectivity index (χ4n) is 1.78. The lowest BCUT2D eigenvalue weighted by Crippen LogP contribution is -2.01. The molecule has 0 fully saturated rings. The Hall–Kier alpha value is -3.20. The largest absolute Gasteiger partial charge is 0.482 e. The average Bonchev–Trinajstić information content (AvgIpc) is 2.52. The summed E-state index contributed by atoms with van der Waals surface area (Å²) in [7, 11) is 0. The molecule has 0 aliphatic carbocycles. The van der Waals surface area contributed by atoms with E-state index < -0.39 is 4.92 Å². The second kappa shape index (κ2) is 6.30. The van der Waals surface area contributed by atoms with Crippen LogP contribution < -0.4 is 4.74 Å². The third-order valence-electron chi connectivity index (χ3n) is 2.84. The zero-order valence-corrected chi connectivity index (χ0v) is 10.9. The molecule has 0 aliphatic heterocycles. The van der Waals surface area contributed by atoms with Crippen LogP contribution in [0.2, 0.25) is 0 Å². The summed E-state index contributed by atoms with van der Waals surface area (Å²) in [6.07, 6.45) is 0.530. The summed E-state index contributed by atoms with van der Waals surface area (Å²) >= 11 is 0. The van der Waals surface area contributed by atoms with Crippen molar-refractivity contribution in [1.29, 1.82) is 5.26 Å². The second-order valence-corrected chi connectivity index (χ2v) is 4.16. The molecule has 2 aromatic rings. The zero-order chi connectivity index (χ0) is 15.2. The van der Waals surface area contributed by atoms with E-state index in [0.717, 1.165) is 6.07 Å². The van der Waals surface area contributed by atoms with Gasteiger partial charge in [0.05, 0.1) is 16.6 Å². The van der Waals surface area contributed by atoms with Gasteiger partial charge in [0, 0.05) is 17.2 Å². The Labute approximate surface area is 120 Å². The number of rotatable bonds is 5. The zero-order valence-electron chi connectivity index (χ0n) is 10.9. The summed E-state index contributed by atoms with van der Waals surface area (Å²) in [4.78, 5) is 21.0. The molecule has 6 nitrogen and oxygen atoms in total. The van der Waals surface area contributed by atoms with Gasteiger partial charge in [0.15, 0.2) is 5.75 Å². The number of benzene rings is 2.